The van der Waals surface area contributed by atoms with Crippen LogP contribution in [0.1, 0.15) is 23.2 Å². The number of nitrogen functional groups attached to an aromatic ring is 1. The molecule has 0 atom stereocenters. The third kappa shape index (κ3) is 1.87. The lowest BCUT2D eigenvalue weighted by atomic mass is 10.2. The maximum absolute atomic E-state index is 12.3. The van der Waals surface area contributed by atoms with E-state index in [-0.39, 0.29) is 12.1 Å². The van der Waals surface area contributed by atoms with Gasteiger partial charge in [0.15, 0.2) is 0 Å². The zero-order valence-electron chi connectivity index (χ0n) is 10.5. The molecular weight excluding hydrogens is 242 g/mol. The predicted octanol–water partition coefficient (Wildman–Crippen LogP) is 0.261. The third-order valence-electron chi connectivity index (χ3n) is 3.60. The van der Waals surface area contributed by atoms with Crippen molar-refractivity contribution in [3.63, 3.8) is 0 Å². The van der Waals surface area contributed by atoms with Gasteiger partial charge in [0.1, 0.15) is 0 Å². The Morgan fingerprint density at radius 3 is 2.58 bits per heavy atom. The Hall–Kier alpha value is -2.30. The molecule has 0 spiro atoms. The van der Waals surface area contributed by atoms with Crippen molar-refractivity contribution >= 4 is 0 Å². The van der Waals surface area contributed by atoms with E-state index in [4.69, 9.17) is 5.84 Å². The molecule has 2 N–H and O–H groups in total. The van der Waals surface area contributed by atoms with E-state index < -0.39 is 5.69 Å². The van der Waals surface area contributed by atoms with E-state index in [1.165, 1.54) is 4.57 Å². The molecule has 1 aromatic carbocycles. The zero-order valence-corrected chi connectivity index (χ0v) is 10.5. The van der Waals surface area contributed by atoms with Crippen LogP contribution in [0.4, 0.5) is 0 Å². The number of rotatable bonds is 2. The minimum Gasteiger partial charge on any atom is -0.335 e. The van der Waals surface area contributed by atoms with Gasteiger partial charge in [-0.05, 0) is 24.8 Å². The van der Waals surface area contributed by atoms with Crippen LogP contribution in [0.25, 0.3) is 0 Å². The molecule has 3 rings (SSSR count). The largest absolute Gasteiger partial charge is 0.349 e. The average molecular weight is 257 g/mol. The van der Waals surface area contributed by atoms with Crippen molar-refractivity contribution in [2.24, 2.45) is 0 Å². The number of aromatic nitrogens is 2. The molecule has 1 aliphatic rings. The Bertz CT molecular complexity index is 729. The molecule has 0 aliphatic heterocycles. The fourth-order valence-corrected chi connectivity index (χ4v) is 2.62. The van der Waals surface area contributed by atoms with Gasteiger partial charge in [-0.25, -0.2) is 9.47 Å². The lowest BCUT2D eigenvalue weighted by molar-refractivity contribution is 0.637. The summed E-state index contributed by atoms with van der Waals surface area (Å²) in [5.41, 5.74) is 1.68. The van der Waals surface area contributed by atoms with Crippen LogP contribution in [-0.2, 0) is 19.4 Å². The highest BCUT2D eigenvalue weighted by molar-refractivity contribution is 5.24. The second kappa shape index (κ2) is 4.42. The highest BCUT2D eigenvalue weighted by atomic mass is 16.2. The number of nitrogens with zero attached hydrogens (tertiary/aromatic N) is 2. The molecule has 0 fully saturated rings. The van der Waals surface area contributed by atoms with Crippen molar-refractivity contribution in [3.05, 3.63) is 68.0 Å². The van der Waals surface area contributed by atoms with Crippen molar-refractivity contribution in [3.8, 4) is 0 Å². The Balaban J connectivity index is 2.15. The molecule has 0 radical (unpaired) electrons. The molecule has 0 unspecified atom stereocenters. The molecule has 5 nitrogen and oxygen atoms in total. The minimum atomic E-state index is -0.436. The summed E-state index contributed by atoms with van der Waals surface area (Å²) in [6.07, 6.45) is 2.31. The van der Waals surface area contributed by atoms with Crippen molar-refractivity contribution in [1.82, 2.24) is 9.24 Å². The Kier molecular flexibility index (Phi) is 2.74. The van der Waals surface area contributed by atoms with E-state index in [2.05, 4.69) is 0 Å². The third-order valence-corrected chi connectivity index (χ3v) is 3.60. The summed E-state index contributed by atoms with van der Waals surface area (Å²) in [6.45, 7) is 0.267. The van der Waals surface area contributed by atoms with E-state index in [9.17, 15) is 9.59 Å². The molecule has 98 valence electrons. The van der Waals surface area contributed by atoms with E-state index in [1.54, 1.807) is 0 Å². The number of hydrogen-bond acceptors (Lipinski definition) is 3. The van der Waals surface area contributed by atoms with Gasteiger partial charge in [-0.2, -0.15) is 0 Å². The molecule has 2 aromatic rings. The highest BCUT2D eigenvalue weighted by Crippen LogP contribution is 2.15. The second-order valence-electron chi connectivity index (χ2n) is 4.81. The Morgan fingerprint density at radius 2 is 1.84 bits per heavy atom. The standard InChI is InChI=1S/C14H15N3O2/c15-17-12-8-4-7-11(12)13(18)16(14(17)19)9-10-5-2-1-3-6-10/h1-3,5-6H,4,7-9,15H2. The van der Waals surface area contributed by atoms with Gasteiger partial charge < -0.3 is 5.84 Å². The fraction of sp³-hybridized carbons (Fsp3) is 0.286. The zero-order chi connectivity index (χ0) is 13.4. The molecule has 1 heterocycles. The molecule has 0 bridgehead atoms. The summed E-state index contributed by atoms with van der Waals surface area (Å²) in [4.78, 5) is 24.5. The quantitative estimate of drug-likeness (QED) is 0.785. The number of nitrogens with two attached hydrogens (primary N) is 1. The first-order valence-electron chi connectivity index (χ1n) is 6.35. The monoisotopic (exact) mass is 257 g/mol. The smallest absolute Gasteiger partial charge is 0.335 e. The van der Waals surface area contributed by atoms with Gasteiger partial charge in [0.25, 0.3) is 5.56 Å². The predicted molar refractivity (Wildman–Crippen MR) is 72.7 cm³/mol. The van der Waals surface area contributed by atoms with Crippen molar-refractivity contribution < 1.29 is 0 Å². The average Bonchev–Trinajstić information content (AvgIpc) is 2.92. The van der Waals surface area contributed by atoms with Crippen LogP contribution in [0.5, 0.6) is 0 Å². The Labute approximate surface area is 109 Å². The van der Waals surface area contributed by atoms with Crippen molar-refractivity contribution in [2.75, 3.05) is 5.84 Å². The molecule has 0 saturated carbocycles. The molecule has 0 saturated heterocycles. The summed E-state index contributed by atoms with van der Waals surface area (Å²) in [5.74, 6) is 5.80. The lowest BCUT2D eigenvalue weighted by Crippen LogP contribution is -2.45. The topological polar surface area (TPSA) is 70.0 Å². The van der Waals surface area contributed by atoms with Crippen LogP contribution in [0.3, 0.4) is 0 Å². The van der Waals surface area contributed by atoms with Gasteiger partial charge >= 0.3 is 5.69 Å². The van der Waals surface area contributed by atoms with E-state index in [0.717, 1.165) is 16.7 Å². The highest BCUT2D eigenvalue weighted by Gasteiger charge is 2.21. The fourth-order valence-electron chi connectivity index (χ4n) is 2.62. The van der Waals surface area contributed by atoms with Gasteiger partial charge in [-0.15, -0.1) is 0 Å². The van der Waals surface area contributed by atoms with Gasteiger partial charge in [-0.3, -0.25) is 9.36 Å². The normalized spacial score (nSPS) is 13.5. The van der Waals surface area contributed by atoms with Crippen molar-refractivity contribution in [2.45, 2.75) is 25.8 Å². The first-order chi connectivity index (χ1) is 9.18. The van der Waals surface area contributed by atoms with Gasteiger partial charge in [0.2, 0.25) is 0 Å². The maximum Gasteiger partial charge on any atom is 0.349 e. The number of fused-ring (bicyclic) bond motifs is 1. The summed E-state index contributed by atoms with van der Waals surface area (Å²) >= 11 is 0. The first-order valence-corrected chi connectivity index (χ1v) is 6.35. The number of benzene rings is 1. The maximum atomic E-state index is 12.3. The van der Waals surface area contributed by atoms with Crippen LogP contribution in [0, 0.1) is 0 Å². The van der Waals surface area contributed by atoms with Crippen LogP contribution in [-0.4, -0.2) is 9.24 Å². The molecule has 1 aromatic heterocycles. The molecule has 1 aliphatic carbocycles. The van der Waals surface area contributed by atoms with Crippen LogP contribution in [0.15, 0.2) is 39.9 Å². The van der Waals surface area contributed by atoms with Crippen LogP contribution >= 0.6 is 0 Å². The van der Waals surface area contributed by atoms with Gasteiger partial charge in [0.05, 0.1) is 12.2 Å². The first kappa shape index (κ1) is 11.8. The molecular formula is C14H15N3O2. The van der Waals surface area contributed by atoms with Crippen LogP contribution < -0.4 is 17.1 Å². The summed E-state index contributed by atoms with van der Waals surface area (Å²) in [5, 5.41) is 0. The molecule has 19 heavy (non-hydrogen) atoms. The SMILES string of the molecule is Nn1c2c(c(=O)n(Cc3ccccc3)c1=O)CCC2. The lowest BCUT2D eigenvalue weighted by Gasteiger charge is -2.11. The summed E-state index contributed by atoms with van der Waals surface area (Å²) in [6, 6.07) is 9.44. The molecule has 0 amide bonds. The minimum absolute atomic E-state index is 0.192. The molecule has 5 heteroatoms. The Morgan fingerprint density at radius 1 is 1.11 bits per heavy atom. The van der Waals surface area contributed by atoms with Crippen LogP contribution in [0.2, 0.25) is 0 Å². The van der Waals surface area contributed by atoms with E-state index in [1.807, 2.05) is 30.3 Å². The number of hydrogen-bond donors (Lipinski definition) is 1. The second-order valence-corrected chi connectivity index (χ2v) is 4.81. The van der Waals surface area contributed by atoms with E-state index in [0.29, 0.717) is 24.1 Å². The van der Waals surface area contributed by atoms with Crippen molar-refractivity contribution in [1.29, 1.82) is 0 Å². The van der Waals surface area contributed by atoms with E-state index >= 15 is 0 Å². The van der Waals surface area contributed by atoms with Gasteiger partial charge in [0, 0.05) is 5.56 Å². The summed E-state index contributed by atoms with van der Waals surface area (Å²) < 4.78 is 2.35. The van der Waals surface area contributed by atoms with Gasteiger partial charge in [-0.1, -0.05) is 30.3 Å². The summed E-state index contributed by atoms with van der Waals surface area (Å²) in [7, 11) is 0.